The van der Waals surface area contributed by atoms with Gasteiger partial charge < -0.3 is 9.32 Å². The van der Waals surface area contributed by atoms with Gasteiger partial charge in [0.15, 0.2) is 5.76 Å². The van der Waals surface area contributed by atoms with Crippen LogP contribution in [0.25, 0.3) is 22.6 Å². The maximum Gasteiger partial charge on any atom is 0.151 e. The first-order chi connectivity index (χ1) is 15.6. The van der Waals surface area contributed by atoms with Crippen molar-refractivity contribution in [1.82, 2.24) is 20.0 Å². The topological polar surface area (TPSA) is 48.3 Å². The molecular weight excluding hydrogens is 427 g/mol. The third-order valence-corrected chi connectivity index (χ3v) is 6.41. The lowest BCUT2D eigenvalue weighted by atomic mass is 9.94. The fourth-order valence-electron chi connectivity index (χ4n) is 4.35. The van der Waals surface area contributed by atoms with E-state index in [4.69, 9.17) is 16.0 Å². The SMILES string of the molecule is CN1CCN(C(c2ccc(-c3ccc(F)cc3)c(Cl)c2)c2cn[nH]c2-c2ccco2)CC1. The van der Waals surface area contributed by atoms with Crippen molar-refractivity contribution in [2.75, 3.05) is 33.2 Å². The van der Waals surface area contributed by atoms with E-state index in [2.05, 4.69) is 33.1 Å². The molecule has 2 aromatic heterocycles. The van der Waals surface area contributed by atoms with Crippen LogP contribution in [-0.2, 0) is 0 Å². The molecule has 7 heteroatoms. The highest BCUT2D eigenvalue weighted by Crippen LogP contribution is 2.38. The molecule has 32 heavy (non-hydrogen) atoms. The van der Waals surface area contributed by atoms with Crippen molar-refractivity contribution in [2.24, 2.45) is 0 Å². The minimum atomic E-state index is -0.262. The number of furan rings is 1. The van der Waals surface area contributed by atoms with Crippen molar-refractivity contribution < 1.29 is 8.81 Å². The van der Waals surface area contributed by atoms with Gasteiger partial charge in [-0.25, -0.2) is 4.39 Å². The molecule has 2 aromatic carbocycles. The summed E-state index contributed by atoms with van der Waals surface area (Å²) in [6, 6.07) is 16.3. The van der Waals surface area contributed by atoms with Crippen LogP contribution >= 0.6 is 11.6 Å². The van der Waals surface area contributed by atoms with E-state index in [1.54, 1.807) is 18.4 Å². The van der Waals surface area contributed by atoms with Crippen LogP contribution in [0.2, 0.25) is 5.02 Å². The Kier molecular flexibility index (Phi) is 5.83. The number of rotatable bonds is 5. The Morgan fingerprint density at radius 3 is 2.53 bits per heavy atom. The summed E-state index contributed by atoms with van der Waals surface area (Å²) in [4.78, 5) is 4.79. The highest BCUT2D eigenvalue weighted by molar-refractivity contribution is 6.33. The second-order valence-corrected chi connectivity index (χ2v) is 8.57. The molecule has 0 amide bonds. The lowest BCUT2D eigenvalue weighted by Gasteiger charge is -2.38. The van der Waals surface area contributed by atoms with Crippen molar-refractivity contribution in [3.8, 4) is 22.6 Å². The number of hydrogen-bond donors (Lipinski definition) is 1. The molecule has 3 heterocycles. The third-order valence-electron chi connectivity index (χ3n) is 6.10. The zero-order chi connectivity index (χ0) is 22.1. The number of nitrogens with one attached hydrogen (secondary N) is 1. The number of piperazine rings is 1. The van der Waals surface area contributed by atoms with Crippen molar-refractivity contribution in [3.05, 3.63) is 89.0 Å². The molecule has 0 aliphatic carbocycles. The molecule has 1 aliphatic heterocycles. The standard InChI is InChI=1S/C25H24ClFN4O/c1-30-10-12-31(13-11-30)25(21-16-28-29-24(21)23-3-2-14-32-23)18-6-9-20(22(26)15-18)17-4-7-19(27)8-5-17/h2-9,14-16,25H,10-13H2,1H3,(H,28,29). The van der Waals surface area contributed by atoms with Gasteiger partial charge in [-0.1, -0.05) is 35.9 Å². The molecule has 1 saturated heterocycles. The molecule has 1 aliphatic rings. The van der Waals surface area contributed by atoms with Crippen molar-refractivity contribution >= 4 is 11.6 Å². The lowest BCUT2D eigenvalue weighted by Crippen LogP contribution is -2.46. The summed E-state index contributed by atoms with van der Waals surface area (Å²) < 4.78 is 19.0. The van der Waals surface area contributed by atoms with Gasteiger partial charge in [-0.2, -0.15) is 5.10 Å². The van der Waals surface area contributed by atoms with E-state index < -0.39 is 0 Å². The monoisotopic (exact) mass is 450 g/mol. The number of benzene rings is 2. The van der Waals surface area contributed by atoms with Gasteiger partial charge in [-0.15, -0.1) is 0 Å². The van der Waals surface area contributed by atoms with Crippen LogP contribution in [0.5, 0.6) is 0 Å². The lowest BCUT2D eigenvalue weighted by molar-refractivity contribution is 0.127. The van der Waals surface area contributed by atoms with Crippen LogP contribution in [0.15, 0.2) is 71.5 Å². The Morgan fingerprint density at radius 1 is 1.06 bits per heavy atom. The quantitative estimate of drug-likeness (QED) is 0.438. The predicted octanol–water partition coefficient (Wildman–Crippen LogP) is 5.47. The van der Waals surface area contributed by atoms with E-state index in [0.29, 0.717) is 5.02 Å². The largest absolute Gasteiger partial charge is 0.463 e. The summed E-state index contributed by atoms with van der Waals surface area (Å²) >= 11 is 6.75. The van der Waals surface area contributed by atoms with Gasteiger partial charge in [0.25, 0.3) is 0 Å². The van der Waals surface area contributed by atoms with Crippen LogP contribution in [0, 0.1) is 5.82 Å². The maximum absolute atomic E-state index is 13.4. The van der Waals surface area contributed by atoms with Crippen LogP contribution < -0.4 is 0 Å². The molecule has 0 radical (unpaired) electrons. The number of nitrogens with zero attached hydrogens (tertiary/aromatic N) is 3. The molecule has 164 valence electrons. The fourth-order valence-corrected chi connectivity index (χ4v) is 4.65. The van der Waals surface area contributed by atoms with Gasteiger partial charge in [-0.3, -0.25) is 10.00 Å². The van der Waals surface area contributed by atoms with Crippen molar-refractivity contribution in [1.29, 1.82) is 0 Å². The Bertz CT molecular complexity index is 1180. The zero-order valence-electron chi connectivity index (χ0n) is 17.8. The molecule has 0 bridgehead atoms. The molecule has 1 unspecified atom stereocenters. The minimum Gasteiger partial charge on any atom is -0.463 e. The van der Waals surface area contributed by atoms with Crippen LogP contribution in [0.1, 0.15) is 17.2 Å². The number of H-pyrrole nitrogens is 1. The van der Waals surface area contributed by atoms with Gasteiger partial charge in [0, 0.05) is 42.3 Å². The zero-order valence-corrected chi connectivity index (χ0v) is 18.5. The van der Waals surface area contributed by atoms with E-state index in [-0.39, 0.29) is 11.9 Å². The minimum absolute atomic E-state index is 0.0256. The van der Waals surface area contributed by atoms with E-state index >= 15 is 0 Å². The maximum atomic E-state index is 13.4. The molecule has 5 nitrogen and oxygen atoms in total. The molecule has 5 rings (SSSR count). The van der Waals surface area contributed by atoms with Crippen LogP contribution in [0.4, 0.5) is 4.39 Å². The van der Waals surface area contributed by atoms with E-state index in [0.717, 1.165) is 59.9 Å². The third kappa shape index (κ3) is 4.09. The first kappa shape index (κ1) is 20.9. The van der Waals surface area contributed by atoms with E-state index in [9.17, 15) is 4.39 Å². The Balaban J connectivity index is 1.56. The van der Waals surface area contributed by atoms with Gasteiger partial charge in [-0.05, 0) is 48.5 Å². The second kappa shape index (κ2) is 8.90. The van der Waals surface area contributed by atoms with Crippen LogP contribution in [0.3, 0.4) is 0 Å². The van der Waals surface area contributed by atoms with Gasteiger partial charge in [0.1, 0.15) is 11.5 Å². The Hall–Kier alpha value is -2.93. The highest BCUT2D eigenvalue weighted by Gasteiger charge is 2.29. The van der Waals surface area contributed by atoms with Crippen LogP contribution in [-0.4, -0.2) is 53.2 Å². The molecule has 1 N–H and O–H groups in total. The number of halogens is 2. The van der Waals surface area contributed by atoms with Gasteiger partial charge >= 0.3 is 0 Å². The molecular formula is C25H24ClFN4O. The van der Waals surface area contributed by atoms with E-state index in [1.807, 2.05) is 30.5 Å². The second-order valence-electron chi connectivity index (χ2n) is 8.17. The summed E-state index contributed by atoms with van der Waals surface area (Å²) in [5.41, 5.74) is 4.78. The number of aromatic amines is 1. The normalized spacial score (nSPS) is 16.3. The van der Waals surface area contributed by atoms with Crippen molar-refractivity contribution in [2.45, 2.75) is 6.04 Å². The summed E-state index contributed by atoms with van der Waals surface area (Å²) in [6.45, 7) is 3.85. The highest BCUT2D eigenvalue weighted by atomic mass is 35.5. The first-order valence-corrected chi connectivity index (χ1v) is 11.0. The Morgan fingerprint density at radius 2 is 1.84 bits per heavy atom. The van der Waals surface area contributed by atoms with Gasteiger partial charge in [0.2, 0.25) is 0 Å². The molecule has 0 saturated carbocycles. The Labute approximate surface area is 191 Å². The first-order valence-electron chi connectivity index (χ1n) is 10.7. The number of hydrogen-bond acceptors (Lipinski definition) is 4. The molecule has 4 aromatic rings. The smallest absolute Gasteiger partial charge is 0.151 e. The summed E-state index contributed by atoms with van der Waals surface area (Å²) in [7, 11) is 2.15. The number of aromatic nitrogens is 2. The molecule has 0 spiro atoms. The predicted molar refractivity (Wildman–Crippen MR) is 124 cm³/mol. The van der Waals surface area contributed by atoms with E-state index in [1.165, 1.54) is 12.1 Å². The molecule has 1 fully saturated rings. The number of likely N-dealkylation sites (N-methyl/N-ethyl adjacent to an activating group) is 1. The average Bonchev–Trinajstić information content (AvgIpc) is 3.48. The van der Waals surface area contributed by atoms with Gasteiger partial charge in [0.05, 0.1) is 18.5 Å². The summed E-state index contributed by atoms with van der Waals surface area (Å²) in [5.74, 6) is 0.493. The fraction of sp³-hybridized carbons (Fsp3) is 0.240. The summed E-state index contributed by atoms with van der Waals surface area (Å²) in [6.07, 6.45) is 3.54. The average molecular weight is 451 g/mol. The van der Waals surface area contributed by atoms with Crippen molar-refractivity contribution in [3.63, 3.8) is 0 Å². The summed E-state index contributed by atoms with van der Waals surface area (Å²) in [5, 5.41) is 8.09. The molecule has 1 atom stereocenters.